The van der Waals surface area contributed by atoms with Crippen LogP contribution in [0.25, 0.3) is 21.3 Å². The Morgan fingerprint density at radius 1 is 1.43 bits per heavy atom. The van der Waals surface area contributed by atoms with E-state index < -0.39 is 0 Å². The summed E-state index contributed by atoms with van der Waals surface area (Å²) in [6.45, 7) is 5.82. The number of allylic oxidation sites excluding steroid dienone is 3. The number of rotatable bonds is 6. The molecule has 0 aliphatic heterocycles. The highest BCUT2D eigenvalue weighted by atomic mass is 32.1. The van der Waals surface area contributed by atoms with Crippen molar-refractivity contribution in [1.82, 2.24) is 19.3 Å². The summed E-state index contributed by atoms with van der Waals surface area (Å²) in [4.78, 5) is 17.6. The second kappa shape index (κ2) is 7.69. The van der Waals surface area contributed by atoms with E-state index >= 15 is 0 Å². The lowest BCUT2D eigenvalue weighted by Crippen LogP contribution is -2.27. The number of nitrogens with one attached hydrogen (secondary N) is 1. The van der Waals surface area contributed by atoms with Crippen molar-refractivity contribution in [1.29, 1.82) is 5.41 Å². The minimum absolute atomic E-state index is 0.0635. The molecule has 3 aromatic heterocycles. The molecular formula is C18H22N7OPS. The third kappa shape index (κ3) is 3.39. The molecule has 0 aromatic carbocycles. The van der Waals surface area contributed by atoms with Crippen molar-refractivity contribution < 1.29 is 0 Å². The van der Waals surface area contributed by atoms with Crippen molar-refractivity contribution in [2.45, 2.75) is 19.9 Å². The number of aryl methyl sites for hydroxylation is 1. The van der Waals surface area contributed by atoms with Gasteiger partial charge in [0.2, 0.25) is 0 Å². The van der Waals surface area contributed by atoms with Gasteiger partial charge in [-0.3, -0.25) is 4.79 Å². The molecule has 3 aromatic rings. The molecule has 1 unspecified atom stereocenters. The number of nitrogens with two attached hydrogens (primary N) is 2. The third-order valence-corrected chi connectivity index (χ3v) is 6.23. The van der Waals surface area contributed by atoms with Gasteiger partial charge >= 0.3 is 0 Å². The van der Waals surface area contributed by atoms with Crippen LogP contribution in [0.3, 0.4) is 0 Å². The van der Waals surface area contributed by atoms with Gasteiger partial charge in [-0.15, -0.1) is 20.6 Å². The van der Waals surface area contributed by atoms with Crippen LogP contribution < -0.4 is 17.0 Å². The van der Waals surface area contributed by atoms with E-state index in [1.807, 2.05) is 7.05 Å². The van der Waals surface area contributed by atoms with Gasteiger partial charge in [-0.05, 0) is 29.6 Å². The fraction of sp³-hybridized carbons (Fsp3) is 0.222. The molecule has 28 heavy (non-hydrogen) atoms. The monoisotopic (exact) mass is 415 g/mol. The minimum Gasteiger partial charge on any atom is -0.404 e. The second-order valence-corrected chi connectivity index (χ2v) is 8.13. The van der Waals surface area contributed by atoms with Crippen LogP contribution in [0.5, 0.6) is 0 Å². The third-order valence-electron chi connectivity index (χ3n) is 4.56. The first-order chi connectivity index (χ1) is 13.3. The van der Waals surface area contributed by atoms with Gasteiger partial charge in [0.15, 0.2) is 5.65 Å². The second-order valence-electron chi connectivity index (χ2n) is 6.42. The molecule has 8 nitrogen and oxygen atoms in total. The lowest BCUT2D eigenvalue weighted by atomic mass is 10.2. The summed E-state index contributed by atoms with van der Waals surface area (Å²) in [5, 5.41) is 14.8. The normalized spacial score (nSPS) is 12.8. The van der Waals surface area contributed by atoms with E-state index in [4.69, 9.17) is 16.9 Å². The zero-order valence-corrected chi connectivity index (χ0v) is 17.7. The van der Waals surface area contributed by atoms with Gasteiger partial charge in [0, 0.05) is 25.1 Å². The molecule has 0 aliphatic carbocycles. The molecule has 0 radical (unpaired) electrons. The van der Waals surface area contributed by atoms with Gasteiger partial charge < -0.3 is 21.4 Å². The summed E-state index contributed by atoms with van der Waals surface area (Å²) in [6.07, 6.45) is 5.09. The van der Waals surface area contributed by atoms with E-state index in [2.05, 4.69) is 25.9 Å². The SMILES string of the molecule is C=C(Cc1nc2c(s1)c1cnn(CC(=N)/C(C)=C\N)c(=O)c1n2C)/C(P)=C\N. The van der Waals surface area contributed by atoms with E-state index in [-0.39, 0.29) is 17.8 Å². The quantitative estimate of drug-likeness (QED) is 0.322. The molecule has 10 heteroatoms. The number of thiazole rings is 1. The summed E-state index contributed by atoms with van der Waals surface area (Å²) in [7, 11) is 4.37. The largest absolute Gasteiger partial charge is 0.404 e. The first-order valence-corrected chi connectivity index (χ1v) is 9.83. The molecule has 0 saturated carbocycles. The minimum atomic E-state index is -0.260. The maximum Gasteiger partial charge on any atom is 0.291 e. The Morgan fingerprint density at radius 2 is 2.14 bits per heavy atom. The molecule has 5 N–H and O–H groups in total. The smallest absolute Gasteiger partial charge is 0.291 e. The molecular weight excluding hydrogens is 393 g/mol. The van der Waals surface area contributed by atoms with Crippen molar-refractivity contribution in [3.63, 3.8) is 0 Å². The Hall–Kier alpha value is -2.77. The summed E-state index contributed by atoms with van der Waals surface area (Å²) >= 11 is 1.51. The maximum absolute atomic E-state index is 12.9. The topological polar surface area (TPSA) is 129 Å². The van der Waals surface area contributed by atoms with Gasteiger partial charge in [-0.25, -0.2) is 9.67 Å². The van der Waals surface area contributed by atoms with Crippen LogP contribution >= 0.6 is 20.6 Å². The fourth-order valence-corrected chi connectivity index (χ4v) is 4.05. The van der Waals surface area contributed by atoms with Crippen molar-refractivity contribution in [3.8, 4) is 0 Å². The lowest BCUT2D eigenvalue weighted by molar-refractivity contribution is 0.673. The zero-order chi connectivity index (χ0) is 20.6. The molecule has 0 spiro atoms. The molecule has 0 saturated heterocycles. The molecule has 0 bridgehead atoms. The van der Waals surface area contributed by atoms with Crippen LogP contribution in [0.1, 0.15) is 11.9 Å². The standard InChI is InChI=1S/C18H22N7OPS/c1-9(13(27)6-20)4-14-23-17-16(28-14)11-7-22-25(8-12(21)10(2)5-19)18(26)15(11)24(17)3/h5-7,21H,1,4,8,19-20,27H2,2-3H3/b10-5-,13-6+,21-12?. The average Bonchev–Trinajstić information content (AvgIpc) is 3.20. The summed E-state index contributed by atoms with van der Waals surface area (Å²) < 4.78 is 3.97. The summed E-state index contributed by atoms with van der Waals surface area (Å²) in [6, 6.07) is 0. The number of aromatic nitrogens is 4. The van der Waals surface area contributed by atoms with Gasteiger partial charge in [0.1, 0.15) is 10.5 Å². The van der Waals surface area contributed by atoms with Gasteiger partial charge in [-0.2, -0.15) is 5.10 Å². The van der Waals surface area contributed by atoms with Crippen molar-refractivity contribution >= 4 is 47.5 Å². The average molecular weight is 415 g/mol. The van der Waals surface area contributed by atoms with Crippen LogP contribution in [0.4, 0.5) is 0 Å². The molecule has 0 aliphatic rings. The lowest BCUT2D eigenvalue weighted by Gasteiger charge is -2.07. The molecule has 0 fully saturated rings. The van der Waals surface area contributed by atoms with E-state index in [1.165, 1.54) is 28.4 Å². The van der Waals surface area contributed by atoms with E-state index in [0.29, 0.717) is 17.5 Å². The Labute approximate surface area is 167 Å². The van der Waals surface area contributed by atoms with Crippen LogP contribution in [-0.4, -0.2) is 25.0 Å². The van der Waals surface area contributed by atoms with Gasteiger partial charge in [0.05, 0.1) is 23.2 Å². The fourth-order valence-electron chi connectivity index (χ4n) is 2.80. The molecule has 146 valence electrons. The zero-order valence-electron chi connectivity index (χ0n) is 15.7. The van der Waals surface area contributed by atoms with Crippen LogP contribution in [0.15, 0.2) is 46.4 Å². The van der Waals surface area contributed by atoms with E-state index in [0.717, 1.165) is 31.6 Å². The highest BCUT2D eigenvalue weighted by Gasteiger charge is 2.19. The first-order valence-electron chi connectivity index (χ1n) is 8.44. The maximum atomic E-state index is 12.9. The number of hydrogen-bond acceptors (Lipinski definition) is 7. The number of nitrogens with zero attached hydrogens (tertiary/aromatic N) is 4. The van der Waals surface area contributed by atoms with Crippen LogP contribution in [0, 0.1) is 5.41 Å². The molecule has 0 amide bonds. The van der Waals surface area contributed by atoms with E-state index in [1.54, 1.807) is 17.7 Å². The Morgan fingerprint density at radius 3 is 2.79 bits per heavy atom. The molecule has 3 rings (SSSR count). The molecule has 1 atom stereocenters. The van der Waals surface area contributed by atoms with E-state index in [9.17, 15) is 4.79 Å². The highest BCUT2D eigenvalue weighted by Crippen LogP contribution is 2.32. The van der Waals surface area contributed by atoms with Crippen molar-refractivity contribution in [2.75, 3.05) is 0 Å². The van der Waals surface area contributed by atoms with Crippen molar-refractivity contribution in [3.05, 3.63) is 57.0 Å². The number of hydrogen-bond donors (Lipinski definition) is 3. The summed E-state index contributed by atoms with van der Waals surface area (Å²) in [5.74, 6) is 0. The Kier molecular flexibility index (Phi) is 5.49. The molecule has 3 heterocycles. The Balaban J connectivity index is 2.05. The number of fused-ring (bicyclic) bond motifs is 3. The highest BCUT2D eigenvalue weighted by molar-refractivity contribution is 7.23. The predicted molar refractivity (Wildman–Crippen MR) is 119 cm³/mol. The first kappa shape index (κ1) is 20.0. The van der Waals surface area contributed by atoms with Gasteiger partial charge in [0.25, 0.3) is 5.56 Å². The summed E-state index contributed by atoms with van der Waals surface area (Å²) in [5.41, 5.74) is 13.7. The van der Waals surface area contributed by atoms with Crippen LogP contribution in [-0.2, 0) is 20.0 Å². The predicted octanol–water partition coefficient (Wildman–Crippen LogP) is 2.00. The van der Waals surface area contributed by atoms with Gasteiger partial charge in [-0.1, -0.05) is 6.58 Å². The van der Waals surface area contributed by atoms with Crippen LogP contribution in [0.2, 0.25) is 0 Å². The Bertz CT molecular complexity index is 1230. The van der Waals surface area contributed by atoms with Crippen molar-refractivity contribution in [2.24, 2.45) is 18.5 Å².